The molecule has 0 fully saturated rings. The number of aromatic nitrogens is 2. The fourth-order valence-corrected chi connectivity index (χ4v) is 2.52. The third kappa shape index (κ3) is 4.03. The van der Waals surface area contributed by atoms with E-state index in [0.717, 1.165) is 5.56 Å². The van der Waals surface area contributed by atoms with Crippen molar-refractivity contribution >= 4 is 22.7 Å². The molecular weight excluding hydrogens is 332 g/mol. The molecule has 0 unspecified atom stereocenters. The molecule has 0 aliphatic rings. The quantitative estimate of drug-likeness (QED) is 0.504. The van der Waals surface area contributed by atoms with Crippen molar-refractivity contribution in [2.45, 2.75) is 19.9 Å². The summed E-state index contributed by atoms with van der Waals surface area (Å²) in [6.45, 7) is 1.76. The summed E-state index contributed by atoms with van der Waals surface area (Å²) in [5.41, 5.74) is 1.95. The van der Waals surface area contributed by atoms with Gasteiger partial charge >= 0.3 is 5.97 Å². The van der Waals surface area contributed by atoms with E-state index in [0.29, 0.717) is 16.5 Å². The highest BCUT2D eigenvalue weighted by Crippen LogP contribution is 2.06. The number of carbonyl (C=O) groups excluding carboxylic acids is 2. The van der Waals surface area contributed by atoms with Gasteiger partial charge in [0.15, 0.2) is 12.4 Å². The fourth-order valence-electron chi connectivity index (χ4n) is 2.52. The summed E-state index contributed by atoms with van der Waals surface area (Å²) in [5.74, 6) is -0.798. The first-order valence-corrected chi connectivity index (χ1v) is 8.24. The largest absolute Gasteiger partial charge is 0.457 e. The highest BCUT2D eigenvalue weighted by Gasteiger charge is 2.11. The molecule has 132 valence electrons. The van der Waals surface area contributed by atoms with Crippen molar-refractivity contribution in [3.05, 3.63) is 76.3 Å². The Morgan fingerprint density at radius 3 is 2.58 bits per heavy atom. The average Bonchev–Trinajstić information content (AvgIpc) is 2.66. The van der Waals surface area contributed by atoms with E-state index in [9.17, 15) is 14.4 Å². The molecule has 0 amide bonds. The number of fused-ring (bicyclic) bond motifs is 1. The molecule has 1 aromatic heterocycles. The van der Waals surface area contributed by atoms with Crippen molar-refractivity contribution in [1.82, 2.24) is 9.55 Å². The number of ketones is 1. The molecule has 3 aromatic rings. The number of hydrogen-bond donors (Lipinski definition) is 0. The van der Waals surface area contributed by atoms with Crippen molar-refractivity contribution in [1.29, 1.82) is 0 Å². The summed E-state index contributed by atoms with van der Waals surface area (Å²) in [4.78, 5) is 40.4. The van der Waals surface area contributed by atoms with Crippen LogP contribution < -0.4 is 5.56 Å². The fraction of sp³-hybridized carbons (Fsp3) is 0.200. The maximum atomic E-state index is 12.3. The maximum absolute atomic E-state index is 12.3. The van der Waals surface area contributed by atoms with E-state index in [-0.39, 0.29) is 30.9 Å². The van der Waals surface area contributed by atoms with Gasteiger partial charge in [0.1, 0.15) is 0 Å². The molecule has 0 N–H and O–H groups in total. The summed E-state index contributed by atoms with van der Waals surface area (Å²) >= 11 is 0. The molecule has 0 bridgehead atoms. The lowest BCUT2D eigenvalue weighted by Gasteiger charge is -2.07. The molecule has 0 saturated carbocycles. The Labute approximate surface area is 150 Å². The van der Waals surface area contributed by atoms with Crippen molar-refractivity contribution in [2.75, 3.05) is 6.61 Å². The lowest BCUT2D eigenvalue weighted by Crippen LogP contribution is -2.23. The topological polar surface area (TPSA) is 78.3 Å². The highest BCUT2D eigenvalue weighted by atomic mass is 16.5. The number of ether oxygens (including phenoxy) is 1. The van der Waals surface area contributed by atoms with Crippen LogP contribution in [0.4, 0.5) is 0 Å². The van der Waals surface area contributed by atoms with Gasteiger partial charge in [0.05, 0.1) is 23.7 Å². The number of rotatable bonds is 6. The smallest absolute Gasteiger partial charge is 0.308 e. The monoisotopic (exact) mass is 350 g/mol. The van der Waals surface area contributed by atoms with Gasteiger partial charge in [-0.2, -0.15) is 0 Å². The lowest BCUT2D eigenvalue weighted by atomic mass is 10.1. The van der Waals surface area contributed by atoms with Crippen LogP contribution >= 0.6 is 0 Å². The van der Waals surface area contributed by atoms with Crippen LogP contribution in [0.3, 0.4) is 0 Å². The minimum atomic E-state index is -0.537. The third-order valence-corrected chi connectivity index (χ3v) is 4.03. The first-order valence-electron chi connectivity index (χ1n) is 8.24. The number of carbonyl (C=O) groups is 2. The van der Waals surface area contributed by atoms with Gasteiger partial charge in [-0.1, -0.05) is 42.0 Å². The zero-order chi connectivity index (χ0) is 18.5. The van der Waals surface area contributed by atoms with Gasteiger partial charge in [-0.05, 0) is 19.1 Å². The summed E-state index contributed by atoms with van der Waals surface area (Å²) in [6.07, 6.45) is 1.40. The van der Waals surface area contributed by atoms with E-state index in [4.69, 9.17) is 4.74 Å². The molecule has 0 radical (unpaired) electrons. The van der Waals surface area contributed by atoms with Crippen LogP contribution in [-0.4, -0.2) is 27.9 Å². The van der Waals surface area contributed by atoms with Gasteiger partial charge in [0.25, 0.3) is 5.56 Å². The van der Waals surface area contributed by atoms with Gasteiger partial charge in [-0.15, -0.1) is 0 Å². The predicted octanol–water partition coefficient (Wildman–Crippen LogP) is 2.52. The number of benzene rings is 2. The van der Waals surface area contributed by atoms with E-state index in [1.54, 1.807) is 30.3 Å². The second kappa shape index (κ2) is 7.74. The van der Waals surface area contributed by atoms with Crippen molar-refractivity contribution in [3.8, 4) is 0 Å². The first kappa shape index (κ1) is 17.5. The van der Waals surface area contributed by atoms with Crippen molar-refractivity contribution < 1.29 is 14.3 Å². The minimum absolute atomic E-state index is 0.0128. The van der Waals surface area contributed by atoms with E-state index in [1.165, 1.54) is 10.9 Å². The van der Waals surface area contributed by atoms with Gasteiger partial charge in [0, 0.05) is 12.1 Å². The van der Waals surface area contributed by atoms with E-state index in [2.05, 4.69) is 4.98 Å². The Morgan fingerprint density at radius 2 is 1.81 bits per heavy atom. The molecule has 0 saturated heterocycles. The normalized spacial score (nSPS) is 10.7. The number of Topliss-reactive ketones (excluding diaryl/α,β-unsaturated/α-hetero) is 1. The van der Waals surface area contributed by atoms with E-state index >= 15 is 0 Å². The summed E-state index contributed by atoms with van der Waals surface area (Å²) < 4.78 is 6.38. The van der Waals surface area contributed by atoms with Crippen LogP contribution in [0.5, 0.6) is 0 Å². The third-order valence-electron chi connectivity index (χ3n) is 4.03. The van der Waals surface area contributed by atoms with Crippen LogP contribution in [0.2, 0.25) is 0 Å². The highest BCUT2D eigenvalue weighted by molar-refractivity contribution is 5.97. The van der Waals surface area contributed by atoms with Crippen LogP contribution in [-0.2, 0) is 16.1 Å². The Kier molecular flexibility index (Phi) is 5.22. The van der Waals surface area contributed by atoms with E-state index < -0.39 is 5.97 Å². The summed E-state index contributed by atoms with van der Waals surface area (Å²) in [6, 6.07) is 14.1. The summed E-state index contributed by atoms with van der Waals surface area (Å²) in [7, 11) is 0. The maximum Gasteiger partial charge on any atom is 0.308 e. The summed E-state index contributed by atoms with van der Waals surface area (Å²) in [5, 5.41) is 0.498. The molecule has 0 aliphatic heterocycles. The SMILES string of the molecule is Cc1ccc(C(=O)COC(=O)CCn2cnc3ccccc3c2=O)cc1. The standard InChI is InChI=1S/C20H18N2O4/c1-14-6-8-15(9-7-14)18(23)12-26-19(24)10-11-22-13-21-17-5-3-2-4-16(17)20(22)25/h2-9,13H,10-12H2,1H3. The second-order valence-corrected chi connectivity index (χ2v) is 5.96. The molecule has 6 nitrogen and oxygen atoms in total. The molecule has 0 atom stereocenters. The lowest BCUT2D eigenvalue weighted by molar-refractivity contribution is -0.142. The van der Waals surface area contributed by atoms with Gasteiger partial charge < -0.3 is 4.74 Å². The Hall–Kier alpha value is -3.28. The predicted molar refractivity (Wildman–Crippen MR) is 97.1 cm³/mol. The van der Waals surface area contributed by atoms with E-state index in [1.807, 2.05) is 25.1 Å². The number of hydrogen-bond acceptors (Lipinski definition) is 5. The molecule has 2 aromatic carbocycles. The zero-order valence-corrected chi connectivity index (χ0v) is 14.3. The second-order valence-electron chi connectivity index (χ2n) is 5.96. The van der Waals surface area contributed by atoms with Crippen molar-refractivity contribution in [3.63, 3.8) is 0 Å². The Bertz CT molecular complexity index is 1010. The molecule has 6 heteroatoms. The zero-order valence-electron chi connectivity index (χ0n) is 14.3. The molecule has 3 rings (SSSR count). The average molecular weight is 350 g/mol. The number of aryl methyl sites for hydroxylation is 2. The van der Waals surface area contributed by atoms with Crippen LogP contribution in [0.25, 0.3) is 10.9 Å². The number of esters is 1. The number of para-hydroxylation sites is 1. The Morgan fingerprint density at radius 1 is 1.08 bits per heavy atom. The minimum Gasteiger partial charge on any atom is -0.457 e. The van der Waals surface area contributed by atoms with Crippen LogP contribution in [0.1, 0.15) is 22.3 Å². The molecule has 26 heavy (non-hydrogen) atoms. The van der Waals surface area contributed by atoms with Crippen LogP contribution in [0, 0.1) is 6.92 Å². The van der Waals surface area contributed by atoms with Gasteiger partial charge in [-0.25, -0.2) is 4.98 Å². The number of nitrogens with zero attached hydrogens (tertiary/aromatic N) is 2. The molecule has 0 spiro atoms. The molecule has 0 aliphatic carbocycles. The van der Waals surface area contributed by atoms with Crippen molar-refractivity contribution in [2.24, 2.45) is 0 Å². The van der Waals surface area contributed by atoms with Gasteiger partial charge in [0.2, 0.25) is 0 Å². The van der Waals surface area contributed by atoms with Gasteiger partial charge in [-0.3, -0.25) is 19.0 Å². The molecular formula is C20H18N2O4. The molecule has 1 heterocycles. The first-order chi connectivity index (χ1) is 12.5. The van der Waals surface area contributed by atoms with Crippen LogP contribution in [0.15, 0.2) is 59.7 Å². The Balaban J connectivity index is 1.56.